The second kappa shape index (κ2) is 9.87. The summed E-state index contributed by atoms with van der Waals surface area (Å²) in [6.45, 7) is 8.10. The van der Waals surface area contributed by atoms with Crippen molar-refractivity contribution in [3.05, 3.63) is 89.0 Å². The zero-order valence-electron chi connectivity index (χ0n) is 18.7. The molecule has 32 heavy (non-hydrogen) atoms. The second-order valence-electron chi connectivity index (χ2n) is 7.65. The molecular formula is C25H28N2O4S. The Morgan fingerprint density at radius 3 is 2.22 bits per heavy atom. The number of amides is 1. The maximum Gasteiger partial charge on any atom is 0.261 e. The van der Waals surface area contributed by atoms with Gasteiger partial charge in [-0.05, 0) is 81.3 Å². The number of rotatable bonds is 8. The summed E-state index contributed by atoms with van der Waals surface area (Å²) in [5.74, 6) is 0.552. The molecule has 0 fully saturated rings. The van der Waals surface area contributed by atoms with Crippen molar-refractivity contribution < 1.29 is 17.9 Å². The van der Waals surface area contributed by atoms with Crippen molar-refractivity contribution >= 4 is 21.6 Å². The minimum absolute atomic E-state index is 0.188. The van der Waals surface area contributed by atoms with Crippen molar-refractivity contribution in [3.8, 4) is 5.75 Å². The number of carbonyl (C=O) groups excluding carboxylic acids is 1. The van der Waals surface area contributed by atoms with Crippen LogP contribution in [0.4, 0.5) is 5.69 Å². The number of benzene rings is 3. The van der Waals surface area contributed by atoms with Gasteiger partial charge in [0, 0.05) is 5.56 Å². The molecule has 7 heteroatoms. The van der Waals surface area contributed by atoms with Gasteiger partial charge < -0.3 is 10.1 Å². The summed E-state index contributed by atoms with van der Waals surface area (Å²) in [7, 11) is -3.71. The van der Waals surface area contributed by atoms with Crippen LogP contribution in [0.3, 0.4) is 0 Å². The Bertz CT molecular complexity index is 1190. The Kier molecular flexibility index (Phi) is 7.20. The highest BCUT2D eigenvalue weighted by atomic mass is 32.2. The van der Waals surface area contributed by atoms with Gasteiger partial charge in [0.1, 0.15) is 5.75 Å². The van der Waals surface area contributed by atoms with Crippen molar-refractivity contribution in [1.82, 2.24) is 5.32 Å². The topological polar surface area (TPSA) is 84.5 Å². The molecule has 3 aromatic rings. The molecule has 3 rings (SSSR count). The van der Waals surface area contributed by atoms with Crippen LogP contribution in [0.1, 0.15) is 46.9 Å². The number of ether oxygens (including phenoxy) is 1. The van der Waals surface area contributed by atoms with Gasteiger partial charge in [-0.3, -0.25) is 9.52 Å². The molecule has 0 aliphatic carbocycles. The third-order valence-corrected chi connectivity index (χ3v) is 6.48. The van der Waals surface area contributed by atoms with Gasteiger partial charge in [0.2, 0.25) is 0 Å². The Labute approximate surface area is 189 Å². The van der Waals surface area contributed by atoms with Gasteiger partial charge in [-0.15, -0.1) is 0 Å². The van der Waals surface area contributed by atoms with Crippen molar-refractivity contribution in [2.45, 2.75) is 38.6 Å². The lowest BCUT2D eigenvalue weighted by molar-refractivity contribution is 0.0940. The molecule has 0 bridgehead atoms. The van der Waals surface area contributed by atoms with E-state index in [-0.39, 0.29) is 16.8 Å². The van der Waals surface area contributed by atoms with E-state index < -0.39 is 10.0 Å². The number of hydrogen-bond acceptors (Lipinski definition) is 4. The van der Waals surface area contributed by atoms with E-state index in [0.29, 0.717) is 23.4 Å². The minimum Gasteiger partial charge on any atom is -0.494 e. The van der Waals surface area contributed by atoms with Crippen molar-refractivity contribution in [2.75, 3.05) is 11.3 Å². The predicted octanol–water partition coefficient (Wildman–Crippen LogP) is 4.99. The highest BCUT2D eigenvalue weighted by Gasteiger charge is 2.17. The van der Waals surface area contributed by atoms with Gasteiger partial charge in [-0.25, -0.2) is 8.42 Å². The van der Waals surface area contributed by atoms with Crippen LogP contribution in [0.2, 0.25) is 0 Å². The van der Waals surface area contributed by atoms with E-state index >= 15 is 0 Å². The quantitative estimate of drug-likeness (QED) is 0.504. The summed E-state index contributed by atoms with van der Waals surface area (Å²) < 4.78 is 33.4. The number of hydrogen-bond donors (Lipinski definition) is 2. The molecule has 0 radical (unpaired) electrons. The van der Waals surface area contributed by atoms with Crippen LogP contribution in [-0.4, -0.2) is 20.9 Å². The van der Waals surface area contributed by atoms with Crippen molar-refractivity contribution in [2.24, 2.45) is 0 Å². The first kappa shape index (κ1) is 23.3. The summed E-state index contributed by atoms with van der Waals surface area (Å²) in [5, 5.41) is 2.97. The van der Waals surface area contributed by atoms with Gasteiger partial charge in [-0.2, -0.15) is 0 Å². The largest absolute Gasteiger partial charge is 0.494 e. The normalized spacial score (nSPS) is 12.1. The highest BCUT2D eigenvalue weighted by molar-refractivity contribution is 7.92. The fourth-order valence-electron chi connectivity index (χ4n) is 3.22. The lowest BCUT2D eigenvalue weighted by atomic mass is 10.1. The van der Waals surface area contributed by atoms with Gasteiger partial charge >= 0.3 is 0 Å². The summed E-state index contributed by atoms with van der Waals surface area (Å²) in [6, 6.07) is 18.9. The zero-order valence-corrected chi connectivity index (χ0v) is 19.5. The molecule has 0 heterocycles. The van der Waals surface area contributed by atoms with Crippen LogP contribution in [-0.2, 0) is 10.0 Å². The van der Waals surface area contributed by atoms with E-state index in [0.717, 1.165) is 16.9 Å². The molecule has 0 saturated carbocycles. The number of nitrogens with one attached hydrogen (secondary N) is 2. The fraction of sp³-hybridized carbons (Fsp3) is 0.240. The molecular weight excluding hydrogens is 424 g/mol. The van der Waals surface area contributed by atoms with E-state index in [4.69, 9.17) is 4.74 Å². The van der Waals surface area contributed by atoms with E-state index in [2.05, 4.69) is 10.0 Å². The monoisotopic (exact) mass is 452 g/mol. The summed E-state index contributed by atoms with van der Waals surface area (Å²) in [4.78, 5) is 12.9. The van der Waals surface area contributed by atoms with E-state index in [1.165, 1.54) is 0 Å². The fourth-order valence-corrected chi connectivity index (χ4v) is 4.35. The first-order valence-electron chi connectivity index (χ1n) is 10.4. The zero-order chi connectivity index (χ0) is 23.3. The van der Waals surface area contributed by atoms with Crippen molar-refractivity contribution in [1.29, 1.82) is 0 Å². The van der Waals surface area contributed by atoms with Gasteiger partial charge in [-0.1, -0.05) is 29.8 Å². The average molecular weight is 453 g/mol. The van der Waals surface area contributed by atoms with E-state index in [1.807, 2.05) is 45.0 Å². The standard InChI is InChI=1S/C25H28N2O4S/c1-5-31-22-11-8-20(9-12-22)19(4)26-25(28)21-10-15-24(18(3)16-21)27-32(29,30)23-13-6-17(2)7-14-23/h6-16,19,27H,5H2,1-4H3,(H,26,28)/t19-/m0/s1. The maximum absolute atomic E-state index is 12.7. The Balaban J connectivity index is 1.69. The first-order chi connectivity index (χ1) is 15.2. The van der Waals surface area contributed by atoms with Crippen LogP contribution in [0, 0.1) is 13.8 Å². The van der Waals surface area contributed by atoms with Crippen molar-refractivity contribution in [3.63, 3.8) is 0 Å². The smallest absolute Gasteiger partial charge is 0.261 e. The molecule has 1 amide bonds. The summed E-state index contributed by atoms with van der Waals surface area (Å²) in [6.07, 6.45) is 0. The van der Waals surface area contributed by atoms with E-state index in [9.17, 15) is 13.2 Å². The number of anilines is 1. The lowest BCUT2D eigenvalue weighted by Gasteiger charge is -2.16. The summed E-state index contributed by atoms with van der Waals surface area (Å²) in [5.41, 5.74) is 3.48. The average Bonchev–Trinajstić information content (AvgIpc) is 2.76. The van der Waals surface area contributed by atoms with E-state index in [1.54, 1.807) is 49.4 Å². The van der Waals surface area contributed by atoms with Crippen LogP contribution < -0.4 is 14.8 Å². The Morgan fingerprint density at radius 2 is 1.62 bits per heavy atom. The third kappa shape index (κ3) is 5.68. The molecule has 0 saturated heterocycles. The maximum atomic E-state index is 12.7. The van der Waals surface area contributed by atoms with Crippen LogP contribution in [0.5, 0.6) is 5.75 Å². The van der Waals surface area contributed by atoms with Gasteiger partial charge in [0.25, 0.3) is 15.9 Å². The first-order valence-corrected chi connectivity index (χ1v) is 11.9. The highest BCUT2D eigenvalue weighted by Crippen LogP contribution is 2.22. The Hall–Kier alpha value is -3.32. The van der Waals surface area contributed by atoms with Crippen LogP contribution in [0.25, 0.3) is 0 Å². The molecule has 0 aliphatic heterocycles. The molecule has 0 unspecified atom stereocenters. The molecule has 3 aromatic carbocycles. The SMILES string of the molecule is CCOc1ccc([C@H](C)NC(=O)c2ccc(NS(=O)(=O)c3ccc(C)cc3)c(C)c2)cc1. The molecule has 168 valence electrons. The second-order valence-corrected chi connectivity index (χ2v) is 9.33. The number of carbonyl (C=O) groups is 1. The minimum atomic E-state index is -3.71. The van der Waals surface area contributed by atoms with Crippen LogP contribution in [0.15, 0.2) is 71.6 Å². The molecule has 6 nitrogen and oxygen atoms in total. The third-order valence-electron chi connectivity index (χ3n) is 5.10. The van der Waals surface area contributed by atoms with Gasteiger partial charge in [0.05, 0.1) is 23.2 Å². The molecule has 0 spiro atoms. The number of sulfonamides is 1. The predicted molar refractivity (Wildman–Crippen MR) is 127 cm³/mol. The number of aryl methyl sites for hydroxylation is 2. The molecule has 1 atom stereocenters. The van der Waals surface area contributed by atoms with Crippen LogP contribution >= 0.6 is 0 Å². The molecule has 0 aliphatic rings. The summed E-state index contributed by atoms with van der Waals surface area (Å²) >= 11 is 0. The van der Waals surface area contributed by atoms with Gasteiger partial charge in [0.15, 0.2) is 0 Å². The molecule has 0 aromatic heterocycles. The lowest BCUT2D eigenvalue weighted by Crippen LogP contribution is -2.26. The molecule has 2 N–H and O–H groups in total. The Morgan fingerprint density at radius 1 is 0.969 bits per heavy atom.